The average molecular weight is 408 g/mol. The van der Waals surface area contributed by atoms with Crippen molar-refractivity contribution in [1.29, 1.82) is 0 Å². The van der Waals surface area contributed by atoms with Crippen LogP contribution in [0.3, 0.4) is 0 Å². The Hall–Kier alpha value is -4.06. The number of hydrogen-bond acceptors (Lipinski definition) is 5. The molecule has 0 saturated heterocycles. The number of carbonyl (C=O) groups excluding carboxylic acids is 1. The summed E-state index contributed by atoms with van der Waals surface area (Å²) in [5.74, 6) is 0.153. The number of benzene rings is 2. The van der Waals surface area contributed by atoms with Crippen molar-refractivity contribution < 1.29 is 9.53 Å². The molecular weight excluding hydrogens is 388 g/mol. The van der Waals surface area contributed by atoms with Gasteiger partial charge in [-0.3, -0.25) is 9.78 Å². The lowest BCUT2D eigenvalue weighted by Crippen LogP contribution is -2.41. The monoisotopic (exact) mass is 408 g/mol. The van der Waals surface area contributed by atoms with Gasteiger partial charge in [-0.2, -0.15) is 5.01 Å². The van der Waals surface area contributed by atoms with Crippen LogP contribution in [0.4, 0.5) is 0 Å². The van der Waals surface area contributed by atoms with Gasteiger partial charge in [-0.25, -0.2) is 4.98 Å². The predicted molar refractivity (Wildman–Crippen MR) is 119 cm³/mol. The third-order valence-electron chi connectivity index (χ3n) is 5.40. The van der Waals surface area contributed by atoms with Crippen molar-refractivity contribution in [3.8, 4) is 11.3 Å². The lowest BCUT2D eigenvalue weighted by atomic mass is 10.0. The number of carbonyl (C=O) groups is 1. The van der Waals surface area contributed by atoms with Gasteiger partial charge in [-0.1, -0.05) is 48.5 Å². The fraction of sp³-hybridized carbons (Fsp3) is 0.120. The van der Waals surface area contributed by atoms with Crippen molar-refractivity contribution in [3.63, 3.8) is 0 Å². The SMILES string of the molecule is CC(=O)N1N=C(c2cc(-c3ccccc3)nc3ccccc23)O[C@]1(C)c1cccnc1. The molecule has 0 radical (unpaired) electrons. The van der Waals surface area contributed by atoms with Gasteiger partial charge >= 0.3 is 0 Å². The van der Waals surface area contributed by atoms with Crippen LogP contribution < -0.4 is 0 Å². The highest BCUT2D eigenvalue weighted by Gasteiger charge is 2.45. The maximum absolute atomic E-state index is 12.5. The van der Waals surface area contributed by atoms with Gasteiger partial charge in [0.15, 0.2) is 0 Å². The second-order valence-electron chi connectivity index (χ2n) is 7.50. The Morgan fingerprint density at radius 1 is 1.00 bits per heavy atom. The van der Waals surface area contributed by atoms with Crippen molar-refractivity contribution >= 4 is 22.7 Å². The number of fused-ring (bicyclic) bond motifs is 1. The molecule has 1 amide bonds. The highest BCUT2D eigenvalue weighted by molar-refractivity contribution is 6.08. The molecule has 152 valence electrons. The number of hydrogen-bond donors (Lipinski definition) is 0. The lowest BCUT2D eigenvalue weighted by molar-refractivity contribution is -0.146. The Balaban J connectivity index is 1.69. The molecule has 31 heavy (non-hydrogen) atoms. The summed E-state index contributed by atoms with van der Waals surface area (Å²) in [7, 11) is 0. The van der Waals surface area contributed by atoms with E-state index in [0.717, 1.165) is 33.3 Å². The minimum atomic E-state index is -1.09. The minimum absolute atomic E-state index is 0.219. The smallest absolute Gasteiger partial charge is 0.243 e. The summed E-state index contributed by atoms with van der Waals surface area (Å²) in [5, 5.41) is 6.87. The van der Waals surface area contributed by atoms with Crippen molar-refractivity contribution in [1.82, 2.24) is 15.0 Å². The summed E-state index contributed by atoms with van der Waals surface area (Å²) in [5.41, 5.74) is 3.06. The van der Waals surface area contributed by atoms with Gasteiger partial charge in [0, 0.05) is 48.3 Å². The molecule has 1 atom stereocenters. The summed E-state index contributed by atoms with van der Waals surface area (Å²) < 4.78 is 6.38. The number of pyridine rings is 2. The standard InChI is InChI=1S/C25H20N4O2/c1-17(30)29-25(2,19-11-8-14-26-16-19)31-24(28-29)21-15-23(18-9-4-3-5-10-18)27-22-13-7-6-12-20(21)22/h3-16H,1-2H3/t25-/m1/s1. The molecule has 0 fully saturated rings. The molecule has 5 rings (SSSR count). The fourth-order valence-corrected chi connectivity index (χ4v) is 3.85. The first-order chi connectivity index (χ1) is 15.1. The van der Waals surface area contributed by atoms with Crippen LogP contribution in [0.5, 0.6) is 0 Å². The Kier molecular flexibility index (Phi) is 4.47. The maximum Gasteiger partial charge on any atom is 0.243 e. The highest BCUT2D eigenvalue weighted by atomic mass is 16.6. The van der Waals surface area contributed by atoms with Gasteiger partial charge in [0.1, 0.15) is 0 Å². The van der Waals surface area contributed by atoms with Gasteiger partial charge in [0.2, 0.25) is 17.5 Å². The number of rotatable bonds is 3. The van der Waals surface area contributed by atoms with Gasteiger partial charge in [-0.15, -0.1) is 5.10 Å². The number of amides is 1. The van der Waals surface area contributed by atoms with E-state index in [1.165, 1.54) is 11.9 Å². The van der Waals surface area contributed by atoms with E-state index in [2.05, 4.69) is 10.1 Å². The molecule has 0 saturated carbocycles. The van der Waals surface area contributed by atoms with Gasteiger partial charge in [0.05, 0.1) is 11.2 Å². The molecule has 2 aromatic carbocycles. The normalized spacial score (nSPS) is 18.0. The third kappa shape index (κ3) is 3.22. The first kappa shape index (κ1) is 18.9. The molecular formula is C25H20N4O2. The molecule has 3 heterocycles. The van der Waals surface area contributed by atoms with Crippen LogP contribution in [-0.2, 0) is 15.3 Å². The van der Waals surface area contributed by atoms with E-state index >= 15 is 0 Å². The molecule has 1 aliphatic rings. The van der Waals surface area contributed by atoms with Crippen LogP contribution in [0.25, 0.3) is 22.2 Å². The summed E-state index contributed by atoms with van der Waals surface area (Å²) in [6.45, 7) is 3.30. The molecule has 0 aliphatic carbocycles. The number of nitrogens with zero attached hydrogens (tertiary/aromatic N) is 4. The van der Waals surface area contributed by atoms with E-state index in [-0.39, 0.29) is 5.91 Å². The summed E-state index contributed by atoms with van der Waals surface area (Å²) >= 11 is 0. The average Bonchev–Trinajstić information content (AvgIpc) is 3.18. The van der Waals surface area contributed by atoms with Crippen LogP contribution in [0.1, 0.15) is 25.0 Å². The van der Waals surface area contributed by atoms with Crippen molar-refractivity contribution in [2.45, 2.75) is 19.6 Å². The van der Waals surface area contributed by atoms with Crippen LogP contribution in [0, 0.1) is 0 Å². The van der Waals surface area contributed by atoms with Crippen LogP contribution >= 0.6 is 0 Å². The van der Waals surface area contributed by atoms with E-state index < -0.39 is 5.72 Å². The second kappa shape index (κ2) is 7.32. The van der Waals surface area contributed by atoms with E-state index in [1.54, 1.807) is 12.4 Å². The van der Waals surface area contributed by atoms with Crippen LogP contribution in [0.2, 0.25) is 0 Å². The molecule has 6 heteroatoms. The lowest BCUT2D eigenvalue weighted by Gasteiger charge is -2.30. The van der Waals surface area contributed by atoms with Gasteiger partial charge in [-0.05, 0) is 24.3 Å². The summed E-state index contributed by atoms with van der Waals surface area (Å²) in [4.78, 5) is 21.5. The summed E-state index contributed by atoms with van der Waals surface area (Å²) in [6, 6.07) is 23.5. The van der Waals surface area contributed by atoms with E-state index in [0.29, 0.717) is 5.90 Å². The molecule has 0 unspecified atom stereocenters. The fourth-order valence-electron chi connectivity index (χ4n) is 3.85. The Bertz CT molecular complexity index is 1310. The number of hydrazone groups is 1. The van der Waals surface area contributed by atoms with Gasteiger partial charge < -0.3 is 4.74 Å². The van der Waals surface area contributed by atoms with Crippen LogP contribution in [0.15, 0.2) is 90.3 Å². The quantitative estimate of drug-likeness (QED) is 0.492. The molecule has 1 aliphatic heterocycles. The Morgan fingerprint density at radius 3 is 2.52 bits per heavy atom. The van der Waals surface area contributed by atoms with E-state index in [9.17, 15) is 4.79 Å². The highest BCUT2D eigenvalue weighted by Crippen LogP contribution is 2.37. The predicted octanol–water partition coefficient (Wildman–Crippen LogP) is 4.71. The Morgan fingerprint density at radius 2 is 1.77 bits per heavy atom. The number of ether oxygens (including phenoxy) is 1. The molecule has 0 bridgehead atoms. The van der Waals surface area contributed by atoms with E-state index in [4.69, 9.17) is 9.72 Å². The molecule has 4 aromatic rings. The van der Waals surface area contributed by atoms with Gasteiger partial charge in [0.25, 0.3) is 0 Å². The second-order valence-corrected chi connectivity index (χ2v) is 7.50. The minimum Gasteiger partial charge on any atom is -0.443 e. The summed E-state index contributed by atoms with van der Waals surface area (Å²) in [6.07, 6.45) is 3.37. The molecule has 6 nitrogen and oxygen atoms in total. The number of para-hydroxylation sites is 1. The number of aromatic nitrogens is 2. The van der Waals surface area contributed by atoms with Crippen LogP contribution in [-0.4, -0.2) is 26.8 Å². The van der Waals surface area contributed by atoms with E-state index in [1.807, 2.05) is 79.7 Å². The molecule has 2 aromatic heterocycles. The zero-order valence-corrected chi connectivity index (χ0v) is 17.2. The first-order valence-corrected chi connectivity index (χ1v) is 10.0. The third-order valence-corrected chi connectivity index (χ3v) is 5.40. The maximum atomic E-state index is 12.5. The zero-order chi connectivity index (χ0) is 21.4. The first-order valence-electron chi connectivity index (χ1n) is 10.0. The Labute approximate surface area is 179 Å². The molecule has 0 spiro atoms. The van der Waals surface area contributed by atoms with Crippen molar-refractivity contribution in [2.75, 3.05) is 0 Å². The topological polar surface area (TPSA) is 67.7 Å². The van der Waals surface area contributed by atoms with Crippen molar-refractivity contribution in [2.24, 2.45) is 5.10 Å². The molecule has 0 N–H and O–H groups in total. The largest absolute Gasteiger partial charge is 0.443 e. The van der Waals surface area contributed by atoms with Crippen molar-refractivity contribution in [3.05, 3.63) is 96.3 Å². The zero-order valence-electron chi connectivity index (χ0n) is 17.2.